The molecule has 1 amide bonds. The van der Waals surface area contributed by atoms with Crippen LogP contribution in [0.4, 0.5) is 5.69 Å². The Labute approximate surface area is 156 Å². The van der Waals surface area contributed by atoms with Crippen molar-refractivity contribution in [3.05, 3.63) is 53.6 Å². The van der Waals surface area contributed by atoms with E-state index >= 15 is 0 Å². The molecule has 0 saturated carbocycles. The molecule has 3 rings (SSSR count). The summed E-state index contributed by atoms with van der Waals surface area (Å²) in [6, 6.07) is 10.6. The molecule has 0 unspecified atom stereocenters. The highest BCUT2D eigenvalue weighted by molar-refractivity contribution is 7.92. The summed E-state index contributed by atoms with van der Waals surface area (Å²) in [5.41, 5.74) is 1.46. The van der Waals surface area contributed by atoms with Crippen LogP contribution in [0.3, 0.4) is 0 Å². The minimum Gasteiger partial charge on any atom is -0.493 e. The van der Waals surface area contributed by atoms with Crippen LogP contribution in [0.2, 0.25) is 0 Å². The van der Waals surface area contributed by atoms with Crippen molar-refractivity contribution in [3.8, 4) is 5.75 Å². The van der Waals surface area contributed by atoms with Gasteiger partial charge >= 0.3 is 5.97 Å². The average molecular weight is 390 g/mol. The van der Waals surface area contributed by atoms with Gasteiger partial charge in [-0.15, -0.1) is 0 Å². The fourth-order valence-electron chi connectivity index (χ4n) is 2.56. The lowest BCUT2D eigenvalue weighted by Crippen LogP contribution is -2.30. The van der Waals surface area contributed by atoms with Crippen molar-refractivity contribution in [2.75, 3.05) is 25.0 Å². The Morgan fingerprint density at radius 3 is 2.59 bits per heavy atom. The number of fused-ring (bicyclic) bond motifs is 1. The molecular formula is C18H18N2O6S. The van der Waals surface area contributed by atoms with Crippen molar-refractivity contribution < 1.29 is 27.5 Å². The minimum absolute atomic E-state index is 0.145. The van der Waals surface area contributed by atoms with Gasteiger partial charge in [0.15, 0.2) is 0 Å². The molecule has 2 N–H and O–H groups in total. The number of amides is 1. The van der Waals surface area contributed by atoms with Crippen molar-refractivity contribution in [1.82, 2.24) is 5.32 Å². The van der Waals surface area contributed by atoms with Gasteiger partial charge in [0.05, 0.1) is 18.6 Å². The summed E-state index contributed by atoms with van der Waals surface area (Å²) in [5.74, 6) is -0.322. The number of anilines is 1. The van der Waals surface area contributed by atoms with Gasteiger partial charge in [-0.05, 0) is 48.0 Å². The van der Waals surface area contributed by atoms with Gasteiger partial charge in [0, 0.05) is 17.7 Å². The smallest absolute Gasteiger partial charge is 0.325 e. The number of hydrogen-bond donors (Lipinski definition) is 2. The average Bonchev–Trinajstić information content (AvgIpc) is 3.14. The quantitative estimate of drug-likeness (QED) is 0.720. The summed E-state index contributed by atoms with van der Waals surface area (Å²) in [4.78, 5) is 23.1. The fraction of sp³-hybridized carbons (Fsp3) is 0.222. The number of sulfonamides is 1. The molecule has 1 aliphatic heterocycles. The fourth-order valence-corrected chi connectivity index (χ4v) is 3.67. The lowest BCUT2D eigenvalue weighted by molar-refractivity contribution is -0.139. The van der Waals surface area contributed by atoms with E-state index in [0.29, 0.717) is 24.5 Å². The number of benzene rings is 2. The van der Waals surface area contributed by atoms with E-state index in [0.717, 1.165) is 5.56 Å². The van der Waals surface area contributed by atoms with E-state index in [1.807, 2.05) is 0 Å². The van der Waals surface area contributed by atoms with Gasteiger partial charge in [0.25, 0.3) is 15.9 Å². The summed E-state index contributed by atoms with van der Waals surface area (Å²) < 4.78 is 37.4. The van der Waals surface area contributed by atoms with Crippen molar-refractivity contribution in [2.24, 2.45) is 0 Å². The normalized spacial score (nSPS) is 12.6. The standard InChI is InChI=1S/C18H18N2O6S/c1-25-17(21)11-19-18(22)12-2-4-14(5-3-12)20-27(23,24)15-6-7-16-13(10-15)8-9-26-16/h2-7,10,20H,8-9,11H2,1H3,(H,19,22). The van der Waals surface area contributed by atoms with Gasteiger partial charge in [-0.2, -0.15) is 0 Å². The first kappa shape index (κ1) is 18.7. The first-order chi connectivity index (χ1) is 12.9. The maximum atomic E-state index is 12.5. The zero-order valence-electron chi connectivity index (χ0n) is 14.5. The van der Waals surface area contributed by atoms with Crippen LogP contribution in [0, 0.1) is 0 Å². The number of ether oxygens (including phenoxy) is 2. The lowest BCUT2D eigenvalue weighted by atomic mass is 10.2. The lowest BCUT2D eigenvalue weighted by Gasteiger charge is -2.10. The van der Waals surface area contributed by atoms with Crippen molar-refractivity contribution in [3.63, 3.8) is 0 Å². The maximum Gasteiger partial charge on any atom is 0.325 e. The molecule has 142 valence electrons. The van der Waals surface area contributed by atoms with Gasteiger partial charge in [-0.1, -0.05) is 0 Å². The van der Waals surface area contributed by atoms with Crippen LogP contribution in [-0.4, -0.2) is 40.6 Å². The second-order valence-corrected chi connectivity index (χ2v) is 7.49. The van der Waals surface area contributed by atoms with Crippen LogP contribution in [0.15, 0.2) is 47.4 Å². The predicted molar refractivity (Wildman–Crippen MR) is 97.2 cm³/mol. The summed E-state index contributed by atoms with van der Waals surface area (Å²) in [7, 11) is -2.53. The molecule has 27 heavy (non-hydrogen) atoms. The molecule has 0 radical (unpaired) electrons. The number of nitrogens with one attached hydrogen (secondary N) is 2. The van der Waals surface area contributed by atoms with Crippen molar-refractivity contribution >= 4 is 27.6 Å². The Bertz CT molecular complexity index is 970. The highest BCUT2D eigenvalue weighted by Gasteiger charge is 2.19. The second-order valence-electron chi connectivity index (χ2n) is 5.81. The number of rotatable bonds is 6. The van der Waals surface area contributed by atoms with E-state index in [1.54, 1.807) is 12.1 Å². The van der Waals surface area contributed by atoms with Gasteiger partial charge in [-0.3, -0.25) is 14.3 Å². The molecule has 0 atom stereocenters. The zero-order valence-corrected chi connectivity index (χ0v) is 15.3. The molecule has 2 aromatic carbocycles. The van der Waals surface area contributed by atoms with Crippen molar-refractivity contribution in [1.29, 1.82) is 0 Å². The monoisotopic (exact) mass is 390 g/mol. The predicted octanol–water partition coefficient (Wildman–Crippen LogP) is 1.33. The van der Waals surface area contributed by atoms with Gasteiger partial charge in [0.2, 0.25) is 0 Å². The number of esters is 1. The largest absolute Gasteiger partial charge is 0.493 e. The minimum atomic E-state index is -3.76. The van der Waals surface area contributed by atoms with Gasteiger partial charge in [-0.25, -0.2) is 8.42 Å². The van der Waals surface area contributed by atoms with E-state index in [-0.39, 0.29) is 17.0 Å². The molecular weight excluding hydrogens is 372 g/mol. The van der Waals surface area contributed by atoms with Crippen LogP contribution in [0.25, 0.3) is 0 Å². The molecule has 2 aromatic rings. The maximum absolute atomic E-state index is 12.5. The first-order valence-electron chi connectivity index (χ1n) is 8.13. The Morgan fingerprint density at radius 1 is 1.15 bits per heavy atom. The highest BCUT2D eigenvalue weighted by atomic mass is 32.2. The summed E-state index contributed by atoms with van der Waals surface area (Å²) in [6.07, 6.45) is 0.675. The van der Waals surface area contributed by atoms with Crippen LogP contribution in [0.5, 0.6) is 5.75 Å². The molecule has 1 aliphatic rings. The molecule has 0 aromatic heterocycles. The van der Waals surface area contributed by atoms with Crippen LogP contribution >= 0.6 is 0 Å². The van der Waals surface area contributed by atoms with E-state index in [4.69, 9.17) is 4.74 Å². The molecule has 0 saturated heterocycles. The van der Waals surface area contributed by atoms with E-state index in [2.05, 4.69) is 14.8 Å². The number of carbonyl (C=O) groups is 2. The van der Waals surface area contributed by atoms with Crippen molar-refractivity contribution in [2.45, 2.75) is 11.3 Å². The third kappa shape index (κ3) is 4.37. The number of carbonyl (C=O) groups excluding carboxylic acids is 2. The SMILES string of the molecule is COC(=O)CNC(=O)c1ccc(NS(=O)(=O)c2ccc3c(c2)CCO3)cc1. The van der Waals surface area contributed by atoms with E-state index in [1.165, 1.54) is 37.4 Å². The zero-order chi connectivity index (χ0) is 19.4. The topological polar surface area (TPSA) is 111 Å². The third-order valence-corrected chi connectivity index (χ3v) is 5.37. The molecule has 8 nitrogen and oxygen atoms in total. The third-order valence-electron chi connectivity index (χ3n) is 3.99. The van der Waals surface area contributed by atoms with Gasteiger partial charge in [0.1, 0.15) is 12.3 Å². The Balaban J connectivity index is 1.68. The van der Waals surface area contributed by atoms with Crippen LogP contribution in [-0.2, 0) is 26.0 Å². The molecule has 0 spiro atoms. The molecule has 0 fully saturated rings. The Morgan fingerprint density at radius 2 is 1.89 bits per heavy atom. The van der Waals surface area contributed by atoms with Crippen LogP contribution in [0.1, 0.15) is 15.9 Å². The summed E-state index contributed by atoms with van der Waals surface area (Å²) >= 11 is 0. The first-order valence-corrected chi connectivity index (χ1v) is 9.61. The Kier molecular flexibility index (Phi) is 5.31. The number of methoxy groups -OCH3 is 1. The molecule has 0 bridgehead atoms. The Hall–Kier alpha value is -3.07. The van der Waals surface area contributed by atoms with E-state index in [9.17, 15) is 18.0 Å². The number of hydrogen-bond acceptors (Lipinski definition) is 6. The second kappa shape index (κ2) is 7.67. The van der Waals surface area contributed by atoms with Gasteiger partial charge < -0.3 is 14.8 Å². The highest BCUT2D eigenvalue weighted by Crippen LogP contribution is 2.28. The molecule has 0 aliphatic carbocycles. The molecule has 1 heterocycles. The molecule has 9 heteroatoms. The van der Waals surface area contributed by atoms with Crippen LogP contribution < -0.4 is 14.8 Å². The van der Waals surface area contributed by atoms with E-state index < -0.39 is 21.9 Å². The summed E-state index contributed by atoms with van der Waals surface area (Å²) in [6.45, 7) is 0.303. The summed E-state index contributed by atoms with van der Waals surface area (Å²) in [5, 5.41) is 2.40.